The number of aryl methyl sites for hydroxylation is 1. The van der Waals surface area contributed by atoms with Gasteiger partial charge in [-0.1, -0.05) is 13.0 Å². The average Bonchev–Trinajstić information content (AvgIpc) is 3.50. The van der Waals surface area contributed by atoms with Gasteiger partial charge in [-0.25, -0.2) is 4.39 Å². The van der Waals surface area contributed by atoms with E-state index in [0.29, 0.717) is 39.9 Å². The average molecular weight is 456 g/mol. The van der Waals surface area contributed by atoms with Crippen LogP contribution >= 0.6 is 0 Å². The third kappa shape index (κ3) is 3.59. The maximum Gasteiger partial charge on any atom is 0.406 e. The van der Waals surface area contributed by atoms with Crippen molar-refractivity contribution in [3.05, 3.63) is 53.0 Å². The van der Waals surface area contributed by atoms with Gasteiger partial charge in [-0.2, -0.15) is 18.4 Å². The summed E-state index contributed by atoms with van der Waals surface area (Å²) in [5.41, 5.74) is 1.89. The van der Waals surface area contributed by atoms with Crippen LogP contribution in [0.1, 0.15) is 61.8 Å². The van der Waals surface area contributed by atoms with Crippen LogP contribution in [-0.2, 0) is 13.0 Å². The first-order chi connectivity index (χ1) is 15.8. The Labute approximate surface area is 189 Å². The molecule has 2 aliphatic carbocycles. The Morgan fingerprint density at radius 1 is 1.24 bits per heavy atom. The van der Waals surface area contributed by atoms with E-state index in [9.17, 15) is 22.8 Å². The van der Waals surface area contributed by atoms with Gasteiger partial charge in [0.05, 0.1) is 22.5 Å². The number of pyridine rings is 1. The lowest BCUT2D eigenvalue weighted by molar-refractivity contribution is -0.166. The van der Waals surface area contributed by atoms with Crippen LogP contribution < -0.4 is 5.32 Å². The topological polar surface area (TPSA) is 53.6 Å². The molecule has 0 aliphatic heterocycles. The second kappa shape index (κ2) is 7.84. The molecule has 0 atom stereocenters. The first kappa shape index (κ1) is 21.9. The molecule has 172 valence electrons. The highest BCUT2D eigenvalue weighted by atomic mass is 19.4. The van der Waals surface area contributed by atoms with Crippen molar-refractivity contribution in [1.82, 2.24) is 14.9 Å². The first-order valence-corrected chi connectivity index (χ1v) is 11.3. The van der Waals surface area contributed by atoms with Crippen LogP contribution in [0.5, 0.6) is 0 Å². The predicted octanol–water partition coefficient (Wildman–Crippen LogP) is 6.19. The number of fused-ring (bicyclic) bond motifs is 1. The van der Waals surface area contributed by atoms with Crippen molar-refractivity contribution in [2.75, 3.05) is 0 Å². The molecule has 5 rings (SSSR count). The molecule has 3 aromatic rings. The minimum Gasteiger partial charge on any atom is -0.335 e. The van der Waals surface area contributed by atoms with E-state index in [1.54, 1.807) is 18.3 Å². The summed E-state index contributed by atoms with van der Waals surface area (Å²) in [6, 6.07) is 9.21. The van der Waals surface area contributed by atoms with Gasteiger partial charge in [-0.3, -0.25) is 10.3 Å². The van der Waals surface area contributed by atoms with Crippen molar-refractivity contribution in [3.63, 3.8) is 0 Å². The van der Waals surface area contributed by atoms with Crippen LogP contribution in [-0.4, -0.2) is 21.3 Å². The lowest BCUT2D eigenvalue weighted by atomic mass is 9.92. The molecule has 1 aromatic carbocycles. The normalized spacial score (nSPS) is 17.7. The van der Waals surface area contributed by atoms with E-state index in [2.05, 4.69) is 20.9 Å². The Morgan fingerprint density at radius 3 is 2.52 bits per heavy atom. The predicted molar refractivity (Wildman–Crippen MR) is 117 cm³/mol. The molecule has 2 saturated carbocycles. The summed E-state index contributed by atoms with van der Waals surface area (Å²) in [7, 11) is 0. The number of rotatable bonds is 6. The van der Waals surface area contributed by atoms with E-state index in [-0.39, 0.29) is 31.2 Å². The fraction of sp³-hybridized carbons (Fsp3) is 0.440. The molecule has 2 aliphatic rings. The number of benzene rings is 1. The lowest BCUT2D eigenvalue weighted by Crippen LogP contribution is -2.44. The number of nitrogens with one attached hydrogen (secondary N) is 1. The largest absolute Gasteiger partial charge is 0.406 e. The van der Waals surface area contributed by atoms with E-state index >= 15 is 0 Å². The Hall–Kier alpha value is -2.92. The van der Waals surface area contributed by atoms with Gasteiger partial charge in [-0.05, 0) is 67.9 Å². The number of hydrogen-bond donors (Lipinski definition) is 1. The highest BCUT2D eigenvalue weighted by Gasteiger charge is 2.62. The SMILES string of the molecule is CCc1cc2c(cc1F)c(C#N)c(-c1ccc(CNC3(C(F)(F)F)CC3)cn1)n2C1CCC1. The molecule has 0 spiro atoms. The van der Waals surface area contributed by atoms with Gasteiger partial charge in [0.1, 0.15) is 17.4 Å². The lowest BCUT2D eigenvalue weighted by Gasteiger charge is -2.30. The zero-order valence-corrected chi connectivity index (χ0v) is 18.3. The maximum atomic E-state index is 14.6. The summed E-state index contributed by atoms with van der Waals surface area (Å²) in [6.07, 6.45) is 1.05. The number of halogens is 4. The molecule has 0 saturated heterocycles. The molecule has 2 heterocycles. The van der Waals surface area contributed by atoms with Crippen LogP contribution in [0.4, 0.5) is 17.6 Å². The summed E-state index contributed by atoms with van der Waals surface area (Å²) in [6.45, 7) is 1.96. The number of alkyl halides is 3. The van der Waals surface area contributed by atoms with Crippen LogP contribution in [0.3, 0.4) is 0 Å². The van der Waals surface area contributed by atoms with E-state index in [0.717, 1.165) is 24.8 Å². The van der Waals surface area contributed by atoms with Crippen molar-refractivity contribution >= 4 is 10.9 Å². The minimum atomic E-state index is -4.27. The highest BCUT2D eigenvalue weighted by molar-refractivity contribution is 5.94. The van der Waals surface area contributed by atoms with Crippen LogP contribution in [0, 0.1) is 17.1 Å². The van der Waals surface area contributed by atoms with Gasteiger partial charge in [0, 0.05) is 24.2 Å². The van der Waals surface area contributed by atoms with Crippen molar-refractivity contribution in [2.24, 2.45) is 0 Å². The molecular formula is C25H24F4N4. The number of hydrogen-bond acceptors (Lipinski definition) is 3. The standard InChI is InChI=1S/C25H24F4N4/c1-2-16-10-22-18(11-20(16)26)19(12-30)23(33(22)17-4-3-5-17)21-7-6-15(13-31-21)14-32-24(8-9-24)25(27,28)29/h6-7,10-11,13,17,32H,2-5,8-9,14H2,1H3. The van der Waals surface area contributed by atoms with Crippen LogP contribution in [0.15, 0.2) is 30.5 Å². The monoisotopic (exact) mass is 456 g/mol. The van der Waals surface area contributed by atoms with Gasteiger partial charge in [0.15, 0.2) is 0 Å². The molecule has 0 unspecified atom stereocenters. The Morgan fingerprint density at radius 2 is 2.00 bits per heavy atom. The molecular weight excluding hydrogens is 432 g/mol. The summed E-state index contributed by atoms with van der Waals surface area (Å²) >= 11 is 0. The molecule has 8 heteroatoms. The molecule has 4 nitrogen and oxygen atoms in total. The van der Waals surface area contributed by atoms with E-state index in [1.807, 2.05) is 13.0 Å². The quantitative estimate of drug-likeness (QED) is 0.450. The van der Waals surface area contributed by atoms with E-state index in [1.165, 1.54) is 6.07 Å². The summed E-state index contributed by atoms with van der Waals surface area (Å²) in [4.78, 5) is 4.52. The van der Waals surface area contributed by atoms with Gasteiger partial charge in [0.2, 0.25) is 0 Å². The van der Waals surface area contributed by atoms with Crippen LogP contribution in [0.2, 0.25) is 0 Å². The molecule has 33 heavy (non-hydrogen) atoms. The summed E-state index contributed by atoms with van der Waals surface area (Å²) in [5.74, 6) is -0.327. The zero-order valence-electron chi connectivity index (χ0n) is 18.3. The first-order valence-electron chi connectivity index (χ1n) is 11.3. The van der Waals surface area contributed by atoms with Gasteiger partial charge >= 0.3 is 6.18 Å². The molecule has 0 bridgehead atoms. The molecule has 0 amide bonds. The summed E-state index contributed by atoms with van der Waals surface area (Å²) in [5, 5.41) is 13.2. The fourth-order valence-corrected chi connectivity index (χ4v) is 4.66. The van der Waals surface area contributed by atoms with E-state index < -0.39 is 11.7 Å². The minimum absolute atomic E-state index is 0.0641. The maximum absolute atomic E-state index is 14.6. The smallest absolute Gasteiger partial charge is 0.335 e. The van der Waals surface area contributed by atoms with Gasteiger partial charge in [0.25, 0.3) is 0 Å². The Kier molecular flexibility index (Phi) is 5.20. The van der Waals surface area contributed by atoms with Crippen molar-refractivity contribution in [3.8, 4) is 17.5 Å². The highest BCUT2D eigenvalue weighted by Crippen LogP contribution is 2.49. The van der Waals surface area contributed by atoms with Gasteiger partial charge in [-0.15, -0.1) is 0 Å². The van der Waals surface area contributed by atoms with Gasteiger partial charge < -0.3 is 4.57 Å². The Balaban J connectivity index is 1.53. The number of nitrogens with zero attached hydrogens (tertiary/aromatic N) is 3. The Bertz CT molecular complexity index is 1240. The third-order valence-corrected chi connectivity index (χ3v) is 7.09. The molecule has 1 N–H and O–H groups in total. The third-order valence-electron chi connectivity index (χ3n) is 7.09. The van der Waals surface area contributed by atoms with Crippen LogP contribution in [0.25, 0.3) is 22.3 Å². The number of aromatic nitrogens is 2. The molecule has 0 radical (unpaired) electrons. The van der Waals surface area contributed by atoms with Crippen molar-refractivity contribution < 1.29 is 17.6 Å². The van der Waals surface area contributed by atoms with Crippen molar-refractivity contribution in [2.45, 2.75) is 69.8 Å². The van der Waals surface area contributed by atoms with Crippen molar-refractivity contribution in [1.29, 1.82) is 5.26 Å². The molecule has 2 aromatic heterocycles. The second-order valence-electron chi connectivity index (χ2n) is 9.09. The number of nitriles is 1. The second-order valence-corrected chi connectivity index (χ2v) is 9.09. The van der Waals surface area contributed by atoms with E-state index in [4.69, 9.17) is 0 Å². The summed E-state index contributed by atoms with van der Waals surface area (Å²) < 4.78 is 56.2. The zero-order chi connectivity index (χ0) is 23.4. The fourth-order valence-electron chi connectivity index (χ4n) is 4.66. The molecule has 2 fully saturated rings.